The summed E-state index contributed by atoms with van der Waals surface area (Å²) >= 11 is 0. The summed E-state index contributed by atoms with van der Waals surface area (Å²) < 4.78 is 20.2. The third-order valence-electron chi connectivity index (χ3n) is 6.63. The van der Waals surface area contributed by atoms with E-state index < -0.39 is 0 Å². The number of nitrogen functional groups attached to an aromatic ring is 1. The predicted molar refractivity (Wildman–Crippen MR) is 138 cm³/mol. The van der Waals surface area contributed by atoms with Gasteiger partial charge in [0.1, 0.15) is 17.7 Å². The van der Waals surface area contributed by atoms with Gasteiger partial charge >= 0.3 is 0 Å². The van der Waals surface area contributed by atoms with E-state index in [0.29, 0.717) is 11.4 Å². The van der Waals surface area contributed by atoms with Gasteiger partial charge in [-0.1, -0.05) is 18.2 Å². The molecule has 1 fully saturated rings. The normalized spacial score (nSPS) is 14.9. The van der Waals surface area contributed by atoms with Crippen LogP contribution in [0, 0.1) is 12.7 Å². The number of fused-ring (bicyclic) bond motifs is 1. The first-order valence-corrected chi connectivity index (χ1v) is 12.0. The third-order valence-corrected chi connectivity index (χ3v) is 6.63. The standard InChI is InChI=1S/C29H30FN3O/c1-19-28(20(2)34-25-8-6-7-23(31)17-25)29(21-9-11-22(30)12-10-21)26-18-24(13-14-27(26)32-19)33-15-4-3-5-16-33/h6-14,17-18,20H,3-5,15-16,31H2,1-2H3. The van der Waals surface area contributed by atoms with E-state index in [1.807, 2.05) is 50.2 Å². The lowest BCUT2D eigenvalue weighted by Gasteiger charge is -2.29. The average Bonchev–Trinajstić information content (AvgIpc) is 2.84. The van der Waals surface area contributed by atoms with Crippen LogP contribution >= 0.6 is 0 Å². The summed E-state index contributed by atoms with van der Waals surface area (Å²) in [5.41, 5.74) is 12.6. The fraction of sp³-hybridized carbons (Fsp3) is 0.276. The van der Waals surface area contributed by atoms with Crippen molar-refractivity contribution in [3.05, 3.63) is 83.8 Å². The van der Waals surface area contributed by atoms with Crippen molar-refractivity contribution in [2.24, 2.45) is 0 Å². The number of nitrogens with zero attached hydrogens (tertiary/aromatic N) is 2. The van der Waals surface area contributed by atoms with E-state index >= 15 is 0 Å². The van der Waals surface area contributed by atoms with E-state index in [-0.39, 0.29) is 11.9 Å². The van der Waals surface area contributed by atoms with Gasteiger partial charge in [-0.15, -0.1) is 0 Å². The highest BCUT2D eigenvalue weighted by atomic mass is 19.1. The van der Waals surface area contributed by atoms with Gasteiger partial charge < -0.3 is 15.4 Å². The summed E-state index contributed by atoms with van der Waals surface area (Å²) in [6.45, 7) is 6.18. The Bertz CT molecular complexity index is 1310. The van der Waals surface area contributed by atoms with Crippen molar-refractivity contribution < 1.29 is 9.13 Å². The number of pyridine rings is 1. The number of anilines is 2. The molecule has 0 amide bonds. The number of nitrogens with two attached hydrogens (primary N) is 1. The molecule has 0 spiro atoms. The van der Waals surface area contributed by atoms with Crippen molar-refractivity contribution in [2.75, 3.05) is 23.7 Å². The zero-order valence-electron chi connectivity index (χ0n) is 19.7. The molecule has 1 saturated heterocycles. The second kappa shape index (κ2) is 9.34. The van der Waals surface area contributed by atoms with Crippen molar-refractivity contribution >= 4 is 22.3 Å². The number of benzene rings is 3. The van der Waals surface area contributed by atoms with Crippen molar-refractivity contribution in [3.8, 4) is 16.9 Å². The van der Waals surface area contributed by atoms with Gasteiger partial charge in [-0.2, -0.15) is 0 Å². The second-order valence-electron chi connectivity index (χ2n) is 9.07. The first kappa shape index (κ1) is 22.2. The van der Waals surface area contributed by atoms with Gasteiger partial charge in [-0.05, 0) is 86.7 Å². The molecule has 0 bridgehead atoms. The number of halogens is 1. The molecule has 4 aromatic rings. The van der Waals surface area contributed by atoms with E-state index in [1.165, 1.54) is 37.1 Å². The molecule has 1 unspecified atom stereocenters. The van der Waals surface area contributed by atoms with E-state index in [2.05, 4.69) is 23.1 Å². The van der Waals surface area contributed by atoms with Crippen LogP contribution in [0.5, 0.6) is 5.75 Å². The summed E-state index contributed by atoms with van der Waals surface area (Å²) in [4.78, 5) is 7.40. The molecular weight excluding hydrogens is 425 g/mol. The number of hydrogen-bond donors (Lipinski definition) is 1. The molecule has 1 aromatic heterocycles. The van der Waals surface area contributed by atoms with Crippen LogP contribution in [0.1, 0.15) is 43.5 Å². The van der Waals surface area contributed by atoms with Gasteiger partial charge in [0, 0.05) is 47.2 Å². The minimum absolute atomic E-state index is 0.251. The fourth-order valence-corrected chi connectivity index (χ4v) is 5.01. The van der Waals surface area contributed by atoms with Gasteiger partial charge in [0.15, 0.2) is 0 Å². The topological polar surface area (TPSA) is 51.4 Å². The Morgan fingerprint density at radius 1 is 0.971 bits per heavy atom. The molecule has 5 heteroatoms. The molecule has 0 saturated carbocycles. The van der Waals surface area contributed by atoms with Gasteiger partial charge in [0.05, 0.1) is 5.52 Å². The Labute approximate surface area is 200 Å². The van der Waals surface area contributed by atoms with E-state index in [4.69, 9.17) is 15.5 Å². The lowest BCUT2D eigenvalue weighted by atomic mass is 9.91. The Kier molecular flexibility index (Phi) is 6.10. The van der Waals surface area contributed by atoms with Crippen LogP contribution in [0.3, 0.4) is 0 Å². The maximum atomic E-state index is 13.8. The maximum Gasteiger partial charge on any atom is 0.123 e. The molecule has 5 rings (SSSR count). The number of rotatable bonds is 5. The molecule has 2 heterocycles. The van der Waals surface area contributed by atoms with E-state index in [1.54, 1.807) is 0 Å². The lowest BCUT2D eigenvalue weighted by molar-refractivity contribution is 0.226. The first-order chi connectivity index (χ1) is 16.5. The molecule has 1 atom stereocenters. The summed E-state index contributed by atoms with van der Waals surface area (Å²) in [6.07, 6.45) is 3.43. The van der Waals surface area contributed by atoms with Crippen molar-refractivity contribution in [3.63, 3.8) is 0 Å². The molecule has 0 radical (unpaired) electrons. The van der Waals surface area contributed by atoms with Crippen molar-refractivity contribution in [1.82, 2.24) is 4.98 Å². The highest BCUT2D eigenvalue weighted by Crippen LogP contribution is 2.39. The third kappa shape index (κ3) is 4.43. The molecular formula is C29H30FN3O. The molecule has 174 valence electrons. The number of piperidine rings is 1. The zero-order valence-corrected chi connectivity index (χ0v) is 19.7. The minimum atomic E-state index is -0.280. The molecule has 3 aromatic carbocycles. The molecule has 0 aliphatic carbocycles. The van der Waals surface area contributed by atoms with Crippen LogP contribution in [0.15, 0.2) is 66.7 Å². The van der Waals surface area contributed by atoms with E-state index in [0.717, 1.165) is 46.4 Å². The summed E-state index contributed by atoms with van der Waals surface area (Å²) in [5, 5.41) is 1.05. The van der Waals surface area contributed by atoms with Crippen LogP contribution in [0.25, 0.3) is 22.0 Å². The van der Waals surface area contributed by atoms with Gasteiger partial charge in [0.25, 0.3) is 0 Å². The average molecular weight is 456 g/mol. The van der Waals surface area contributed by atoms with E-state index in [9.17, 15) is 4.39 Å². The van der Waals surface area contributed by atoms with Gasteiger partial charge in [-0.25, -0.2) is 4.39 Å². The van der Waals surface area contributed by atoms with Gasteiger partial charge in [0.2, 0.25) is 0 Å². The van der Waals surface area contributed by atoms with Crippen molar-refractivity contribution in [2.45, 2.75) is 39.2 Å². The Hall–Kier alpha value is -3.60. The first-order valence-electron chi connectivity index (χ1n) is 12.0. The molecule has 2 N–H and O–H groups in total. The highest BCUT2D eigenvalue weighted by Gasteiger charge is 2.22. The van der Waals surface area contributed by atoms with Crippen molar-refractivity contribution in [1.29, 1.82) is 0 Å². The lowest BCUT2D eigenvalue weighted by Crippen LogP contribution is -2.29. The fourth-order valence-electron chi connectivity index (χ4n) is 5.01. The summed E-state index contributed by atoms with van der Waals surface area (Å²) in [6, 6.07) is 20.7. The number of aryl methyl sites for hydroxylation is 1. The zero-order chi connectivity index (χ0) is 23.7. The monoisotopic (exact) mass is 455 g/mol. The van der Waals surface area contributed by atoms with Crippen LogP contribution in [-0.4, -0.2) is 18.1 Å². The highest BCUT2D eigenvalue weighted by molar-refractivity contribution is 5.98. The largest absolute Gasteiger partial charge is 0.486 e. The SMILES string of the molecule is Cc1nc2ccc(N3CCCCC3)cc2c(-c2ccc(F)cc2)c1C(C)Oc1cccc(N)c1. The molecule has 4 nitrogen and oxygen atoms in total. The predicted octanol–water partition coefficient (Wildman–Crippen LogP) is 7.06. The van der Waals surface area contributed by atoms with Gasteiger partial charge in [-0.3, -0.25) is 4.98 Å². The Morgan fingerprint density at radius 2 is 1.74 bits per heavy atom. The minimum Gasteiger partial charge on any atom is -0.486 e. The van der Waals surface area contributed by atoms with Crippen LogP contribution in [-0.2, 0) is 0 Å². The van der Waals surface area contributed by atoms with Crippen LogP contribution in [0.4, 0.5) is 15.8 Å². The second-order valence-corrected chi connectivity index (χ2v) is 9.07. The number of hydrogen-bond acceptors (Lipinski definition) is 4. The smallest absolute Gasteiger partial charge is 0.123 e. The van der Waals surface area contributed by atoms with Crippen LogP contribution in [0.2, 0.25) is 0 Å². The van der Waals surface area contributed by atoms with Crippen LogP contribution < -0.4 is 15.4 Å². The Balaban J connectivity index is 1.68. The quantitative estimate of drug-likeness (QED) is 0.327. The number of ether oxygens (including phenoxy) is 1. The molecule has 1 aliphatic heterocycles. The number of aromatic nitrogens is 1. The Morgan fingerprint density at radius 3 is 2.47 bits per heavy atom. The summed E-state index contributed by atoms with van der Waals surface area (Å²) in [5.74, 6) is 0.456. The summed E-state index contributed by atoms with van der Waals surface area (Å²) in [7, 11) is 0. The molecule has 34 heavy (non-hydrogen) atoms. The maximum absolute atomic E-state index is 13.8. The molecule has 1 aliphatic rings.